The largest absolute Gasteiger partial charge is 0.480 e. The molecule has 2 saturated heterocycles. The summed E-state index contributed by atoms with van der Waals surface area (Å²) in [6.07, 6.45) is 11.0. The molecule has 0 aromatic carbocycles. The highest BCUT2D eigenvalue weighted by atomic mass is 16.5. The van der Waals surface area contributed by atoms with E-state index < -0.39 is 22.8 Å². The van der Waals surface area contributed by atoms with Crippen molar-refractivity contribution in [3.8, 4) is 12.1 Å². The number of carboxylic acids is 1. The first-order valence-electron chi connectivity index (χ1n) is 20.3. The van der Waals surface area contributed by atoms with Gasteiger partial charge in [-0.25, -0.2) is 19.6 Å². The SMILES string of the molecule is C.CCOC(=O)c1cnc2[nH]ccc2c1N[C@H]1CN(C(=O)C2(C#N)CC2)CC[C@H]1C.CCOC(=O)c1cnc2[nH]ccc2c1N[C@H]1CNCC[C@H]1C.N#CC1(C(=O)O)CC1. The number of hydrogen-bond acceptors (Lipinski definition) is 13. The summed E-state index contributed by atoms with van der Waals surface area (Å²) in [5.41, 5.74) is 2.00. The van der Waals surface area contributed by atoms with Crippen LogP contribution >= 0.6 is 0 Å². The molecule has 0 bridgehead atoms. The van der Waals surface area contributed by atoms with E-state index in [1.807, 2.05) is 18.3 Å². The number of rotatable bonds is 10. The van der Waals surface area contributed by atoms with Gasteiger partial charge in [-0.05, 0) is 82.9 Å². The van der Waals surface area contributed by atoms with Crippen LogP contribution in [0, 0.1) is 45.3 Å². The molecule has 8 rings (SSSR count). The number of aromatic amines is 2. The number of H-pyrrole nitrogens is 2. The van der Waals surface area contributed by atoms with Crippen molar-refractivity contribution in [1.82, 2.24) is 30.2 Å². The molecular formula is C43H56N10O7. The van der Waals surface area contributed by atoms with Crippen molar-refractivity contribution in [3.05, 3.63) is 48.0 Å². The molecule has 320 valence electrons. The first kappa shape index (κ1) is 44.9. The smallest absolute Gasteiger partial charge is 0.341 e. The van der Waals surface area contributed by atoms with Crippen molar-refractivity contribution in [2.75, 3.05) is 50.0 Å². The second-order valence-electron chi connectivity index (χ2n) is 15.7. The number of aliphatic carboxylic acids is 1. The lowest BCUT2D eigenvalue weighted by atomic mass is 9.91. The van der Waals surface area contributed by atoms with E-state index in [0.717, 1.165) is 48.0 Å². The molecule has 2 aliphatic carbocycles. The summed E-state index contributed by atoms with van der Waals surface area (Å²) in [6.45, 7) is 11.7. The number of carbonyl (C=O) groups is 4. The fraction of sp³-hybridized carbons (Fsp3) is 0.535. The molecule has 17 nitrogen and oxygen atoms in total. The number of anilines is 2. The van der Waals surface area contributed by atoms with Crippen molar-refractivity contribution >= 4 is 57.3 Å². The lowest BCUT2D eigenvalue weighted by molar-refractivity contribution is -0.141. The molecule has 6 N–H and O–H groups in total. The van der Waals surface area contributed by atoms with Crippen LogP contribution in [0.1, 0.15) is 94.4 Å². The van der Waals surface area contributed by atoms with Crippen LogP contribution in [0.5, 0.6) is 0 Å². The minimum atomic E-state index is -0.986. The average molecular weight is 825 g/mol. The van der Waals surface area contributed by atoms with Crippen molar-refractivity contribution in [2.24, 2.45) is 22.7 Å². The van der Waals surface area contributed by atoms with Gasteiger partial charge >= 0.3 is 17.9 Å². The van der Waals surface area contributed by atoms with Crippen LogP contribution in [0.3, 0.4) is 0 Å². The van der Waals surface area contributed by atoms with Crippen molar-refractivity contribution in [3.63, 3.8) is 0 Å². The van der Waals surface area contributed by atoms with E-state index >= 15 is 0 Å². The molecule has 4 aromatic heterocycles. The van der Waals surface area contributed by atoms with Crippen LogP contribution in [-0.4, -0.2) is 105 Å². The molecule has 4 fully saturated rings. The highest BCUT2D eigenvalue weighted by Gasteiger charge is 2.53. The van der Waals surface area contributed by atoms with Gasteiger partial charge in [0.2, 0.25) is 5.91 Å². The summed E-state index contributed by atoms with van der Waals surface area (Å²) >= 11 is 0. The van der Waals surface area contributed by atoms with Crippen molar-refractivity contribution in [2.45, 2.75) is 85.7 Å². The topological polar surface area (TPSA) is 251 Å². The molecule has 60 heavy (non-hydrogen) atoms. The number of nitrogens with one attached hydrogen (secondary N) is 5. The number of carbonyl (C=O) groups excluding carboxylic acids is 3. The predicted molar refractivity (Wildman–Crippen MR) is 225 cm³/mol. The zero-order valence-electron chi connectivity index (χ0n) is 33.9. The summed E-state index contributed by atoms with van der Waals surface area (Å²) in [7, 11) is 0. The molecule has 4 aromatic rings. The van der Waals surface area contributed by atoms with Gasteiger partial charge in [-0.15, -0.1) is 0 Å². The Bertz CT molecular complexity index is 2260. The number of ether oxygens (including phenoxy) is 2. The summed E-state index contributed by atoms with van der Waals surface area (Å²) < 4.78 is 10.4. The summed E-state index contributed by atoms with van der Waals surface area (Å²) in [4.78, 5) is 64.2. The third-order valence-electron chi connectivity index (χ3n) is 11.6. The van der Waals surface area contributed by atoms with Crippen LogP contribution in [0.15, 0.2) is 36.9 Å². The Morgan fingerprint density at radius 3 is 1.77 bits per heavy atom. The summed E-state index contributed by atoms with van der Waals surface area (Å²) in [5.74, 6) is -0.960. The number of carboxylic acid groups (broad SMARTS) is 1. The Kier molecular flexibility index (Phi) is 14.4. The summed E-state index contributed by atoms with van der Waals surface area (Å²) in [5, 5.41) is 38.0. The molecule has 2 aliphatic heterocycles. The van der Waals surface area contributed by atoms with Crippen LogP contribution in [0.2, 0.25) is 0 Å². The molecule has 0 unspecified atom stereocenters. The van der Waals surface area contributed by atoms with Gasteiger partial charge in [-0.2, -0.15) is 10.5 Å². The number of nitrogens with zero attached hydrogens (tertiary/aromatic N) is 5. The first-order valence-corrected chi connectivity index (χ1v) is 20.3. The predicted octanol–water partition coefficient (Wildman–Crippen LogP) is 5.85. The number of likely N-dealkylation sites (tertiary alicyclic amines) is 1. The van der Waals surface area contributed by atoms with Crippen LogP contribution < -0.4 is 16.0 Å². The standard InChI is InChI=1S/C21H25N5O3.C16H22N4O2.C5H5NO2.CH4/c1-3-29-19(27)15-10-24-18-14(4-8-23-18)17(15)25-16-11-26(9-5-13(16)2)20(28)21(12-22)6-7-21;1-3-22-16(21)12-8-19-15-11(5-7-18-15)14(12)20-13-9-17-6-4-10(13)2;6-3-5(1-2-5)4(7)8;/h4,8,10,13,16H,3,5-7,9,11H2,1-2H3,(H2,23,24,25);5,7-8,10,13,17H,3-4,6,9H2,1-2H3,(H2,18,19,20);1-2H2,(H,7,8);1H4/t13-,16+;10-,13+;;/m11../s1. The Balaban J connectivity index is 0.000000194. The third kappa shape index (κ3) is 9.63. The third-order valence-corrected chi connectivity index (χ3v) is 11.6. The van der Waals surface area contributed by atoms with Gasteiger partial charge < -0.3 is 45.4 Å². The van der Waals surface area contributed by atoms with E-state index in [1.54, 1.807) is 37.2 Å². The Morgan fingerprint density at radius 2 is 1.33 bits per heavy atom. The molecule has 4 atom stereocenters. The van der Waals surface area contributed by atoms with E-state index in [-0.39, 0.29) is 38.0 Å². The maximum atomic E-state index is 12.8. The number of pyridine rings is 2. The fourth-order valence-electron chi connectivity index (χ4n) is 7.35. The van der Waals surface area contributed by atoms with Gasteiger partial charge in [0.1, 0.15) is 27.8 Å². The van der Waals surface area contributed by atoms with Gasteiger partial charge in [-0.1, -0.05) is 21.3 Å². The molecule has 2 saturated carbocycles. The number of esters is 2. The highest BCUT2D eigenvalue weighted by molar-refractivity contribution is 6.05. The molecule has 17 heteroatoms. The Hall–Kier alpha value is -6.20. The number of piperidine rings is 2. The molecule has 4 aliphatic rings. The van der Waals surface area contributed by atoms with Crippen LogP contribution in [0.4, 0.5) is 11.4 Å². The maximum Gasteiger partial charge on any atom is 0.341 e. The lowest BCUT2D eigenvalue weighted by Gasteiger charge is -2.39. The minimum absolute atomic E-state index is 0. The van der Waals surface area contributed by atoms with Crippen LogP contribution in [0.25, 0.3) is 22.1 Å². The Labute approximate surface area is 349 Å². The van der Waals surface area contributed by atoms with Crippen molar-refractivity contribution in [1.29, 1.82) is 10.5 Å². The maximum absolute atomic E-state index is 12.8. The number of nitriles is 2. The van der Waals surface area contributed by atoms with Gasteiger partial charge in [0, 0.05) is 67.3 Å². The molecule has 6 heterocycles. The van der Waals surface area contributed by atoms with Crippen LogP contribution in [-0.2, 0) is 19.1 Å². The molecular weight excluding hydrogens is 769 g/mol. The minimum Gasteiger partial charge on any atom is -0.480 e. The Morgan fingerprint density at radius 1 is 0.833 bits per heavy atom. The van der Waals surface area contributed by atoms with E-state index in [9.17, 15) is 24.4 Å². The van der Waals surface area contributed by atoms with Gasteiger partial charge in [-0.3, -0.25) is 9.59 Å². The number of amides is 1. The second-order valence-corrected chi connectivity index (χ2v) is 15.7. The monoisotopic (exact) mass is 824 g/mol. The highest BCUT2D eigenvalue weighted by Crippen LogP contribution is 2.47. The molecule has 0 spiro atoms. The zero-order valence-corrected chi connectivity index (χ0v) is 33.9. The van der Waals surface area contributed by atoms with Crippen molar-refractivity contribution < 1.29 is 33.8 Å². The van der Waals surface area contributed by atoms with E-state index in [4.69, 9.17) is 19.8 Å². The quantitative estimate of drug-likeness (QED) is 0.103. The second kappa shape index (κ2) is 19.2. The number of hydrogen-bond donors (Lipinski definition) is 6. The number of fused-ring (bicyclic) bond motifs is 2. The van der Waals surface area contributed by atoms with E-state index in [1.165, 1.54) is 6.20 Å². The number of aromatic nitrogens is 4. The zero-order chi connectivity index (χ0) is 42.3. The van der Waals surface area contributed by atoms with Gasteiger partial charge in [0.25, 0.3) is 0 Å². The average Bonchev–Trinajstić information content (AvgIpc) is 4.11. The van der Waals surface area contributed by atoms with E-state index in [2.05, 4.69) is 55.8 Å². The van der Waals surface area contributed by atoms with Gasteiger partial charge in [0.15, 0.2) is 5.41 Å². The van der Waals surface area contributed by atoms with Gasteiger partial charge in [0.05, 0.1) is 36.7 Å². The molecule has 1 amide bonds. The normalized spacial score (nSPS) is 21.8. The summed E-state index contributed by atoms with van der Waals surface area (Å²) in [6, 6.07) is 8.00. The molecule has 0 radical (unpaired) electrons. The lowest BCUT2D eigenvalue weighted by Crippen LogP contribution is -2.51. The van der Waals surface area contributed by atoms with E-state index in [0.29, 0.717) is 79.7 Å². The first-order chi connectivity index (χ1) is 28.4. The fourth-order valence-corrected chi connectivity index (χ4v) is 7.35.